The highest BCUT2D eigenvalue weighted by Gasteiger charge is 2.06. The van der Waals surface area contributed by atoms with Gasteiger partial charge in [-0.3, -0.25) is 4.79 Å². The van der Waals surface area contributed by atoms with E-state index < -0.39 is 5.91 Å². The third-order valence-corrected chi connectivity index (χ3v) is 2.51. The number of nitrogens with two attached hydrogens (primary N) is 2. The summed E-state index contributed by atoms with van der Waals surface area (Å²) in [7, 11) is 0. The molecule has 0 unspecified atom stereocenters. The number of hydrogen-bond donors (Lipinski definition) is 2. The van der Waals surface area contributed by atoms with E-state index in [1.54, 1.807) is 30.3 Å². The second kappa shape index (κ2) is 5.10. The van der Waals surface area contributed by atoms with Crippen molar-refractivity contribution >= 4 is 11.6 Å². The fraction of sp³-hybridized carbons (Fsp3) is 0. The molecule has 0 aliphatic carbocycles. The van der Waals surface area contributed by atoms with Gasteiger partial charge in [-0.1, -0.05) is 0 Å². The minimum Gasteiger partial charge on any atom is -0.455 e. The Morgan fingerprint density at radius 3 is 2.37 bits per heavy atom. The fourth-order valence-electron chi connectivity index (χ4n) is 1.52. The standard InChI is InChI=1S/C14H11N3O2/c15-8-9-1-4-11(5-2-9)19-13-6-3-10(14(17)18)7-12(13)16/h1-7H,16H2,(H2,17,18). The Bertz CT molecular complexity index is 657. The molecular formula is C14H11N3O2. The fourth-order valence-corrected chi connectivity index (χ4v) is 1.52. The number of nitrogen functional groups attached to an aromatic ring is 1. The number of amides is 1. The average Bonchev–Trinajstić information content (AvgIpc) is 2.41. The number of benzene rings is 2. The van der Waals surface area contributed by atoms with Crippen LogP contribution in [0.1, 0.15) is 15.9 Å². The zero-order chi connectivity index (χ0) is 13.8. The van der Waals surface area contributed by atoms with Crippen LogP contribution in [0.4, 0.5) is 5.69 Å². The molecule has 94 valence electrons. The summed E-state index contributed by atoms with van der Waals surface area (Å²) in [6.45, 7) is 0. The quantitative estimate of drug-likeness (QED) is 0.817. The monoisotopic (exact) mass is 253 g/mol. The molecule has 0 aliphatic heterocycles. The number of nitriles is 1. The van der Waals surface area contributed by atoms with Gasteiger partial charge in [0.15, 0.2) is 0 Å². The van der Waals surface area contributed by atoms with Crippen LogP contribution in [0.25, 0.3) is 0 Å². The van der Waals surface area contributed by atoms with Crippen LogP contribution in [-0.4, -0.2) is 5.91 Å². The van der Waals surface area contributed by atoms with Crippen molar-refractivity contribution in [3.8, 4) is 17.6 Å². The Morgan fingerprint density at radius 1 is 1.16 bits per heavy atom. The second-order valence-electron chi connectivity index (χ2n) is 3.86. The first-order chi connectivity index (χ1) is 9.10. The summed E-state index contributed by atoms with van der Waals surface area (Å²) in [5, 5.41) is 8.69. The number of ether oxygens (including phenoxy) is 1. The lowest BCUT2D eigenvalue weighted by Gasteiger charge is -2.09. The van der Waals surface area contributed by atoms with Gasteiger partial charge in [0, 0.05) is 5.56 Å². The zero-order valence-corrected chi connectivity index (χ0v) is 9.96. The van der Waals surface area contributed by atoms with E-state index in [2.05, 4.69) is 0 Å². The molecule has 0 aliphatic rings. The summed E-state index contributed by atoms with van der Waals surface area (Å²) in [6.07, 6.45) is 0. The predicted molar refractivity (Wildman–Crippen MR) is 70.6 cm³/mol. The first kappa shape index (κ1) is 12.5. The molecule has 2 rings (SSSR count). The summed E-state index contributed by atoms with van der Waals surface area (Å²) < 4.78 is 5.56. The summed E-state index contributed by atoms with van der Waals surface area (Å²) in [5.41, 5.74) is 12.1. The molecule has 0 spiro atoms. The van der Waals surface area contributed by atoms with Crippen LogP contribution in [0.15, 0.2) is 42.5 Å². The molecule has 0 fully saturated rings. The van der Waals surface area contributed by atoms with E-state index >= 15 is 0 Å². The summed E-state index contributed by atoms with van der Waals surface area (Å²) in [6, 6.07) is 13.2. The van der Waals surface area contributed by atoms with Crippen LogP contribution in [0, 0.1) is 11.3 Å². The van der Waals surface area contributed by atoms with Gasteiger partial charge in [0.05, 0.1) is 17.3 Å². The Hall–Kier alpha value is -3.00. The van der Waals surface area contributed by atoms with Gasteiger partial charge in [0.1, 0.15) is 11.5 Å². The number of carbonyl (C=O) groups excluding carboxylic acids is 1. The van der Waals surface area contributed by atoms with Crippen molar-refractivity contribution in [2.24, 2.45) is 5.73 Å². The van der Waals surface area contributed by atoms with E-state index in [9.17, 15) is 4.79 Å². The zero-order valence-electron chi connectivity index (χ0n) is 9.96. The normalized spacial score (nSPS) is 9.63. The number of hydrogen-bond acceptors (Lipinski definition) is 4. The minimum atomic E-state index is -0.545. The van der Waals surface area contributed by atoms with Gasteiger partial charge in [-0.25, -0.2) is 0 Å². The maximum absolute atomic E-state index is 11.0. The van der Waals surface area contributed by atoms with E-state index in [0.29, 0.717) is 28.3 Å². The Balaban J connectivity index is 2.23. The van der Waals surface area contributed by atoms with Gasteiger partial charge < -0.3 is 16.2 Å². The number of anilines is 1. The van der Waals surface area contributed by atoms with E-state index in [0.717, 1.165) is 0 Å². The average molecular weight is 253 g/mol. The molecule has 0 saturated carbocycles. The number of carbonyl (C=O) groups is 1. The molecule has 4 N–H and O–H groups in total. The summed E-state index contributed by atoms with van der Waals surface area (Å²) >= 11 is 0. The number of primary amides is 1. The third-order valence-electron chi connectivity index (χ3n) is 2.51. The summed E-state index contributed by atoms with van der Waals surface area (Å²) in [4.78, 5) is 11.0. The maximum Gasteiger partial charge on any atom is 0.248 e. The van der Waals surface area contributed by atoms with Crippen LogP contribution in [0.2, 0.25) is 0 Å². The second-order valence-corrected chi connectivity index (χ2v) is 3.86. The van der Waals surface area contributed by atoms with Crippen LogP contribution in [0.3, 0.4) is 0 Å². The molecule has 2 aromatic rings. The lowest BCUT2D eigenvalue weighted by atomic mass is 10.2. The van der Waals surface area contributed by atoms with Gasteiger partial charge in [-0.15, -0.1) is 0 Å². The molecule has 0 bridgehead atoms. The molecule has 5 nitrogen and oxygen atoms in total. The Morgan fingerprint density at radius 2 is 1.84 bits per heavy atom. The minimum absolute atomic E-state index is 0.320. The van der Waals surface area contributed by atoms with E-state index in [4.69, 9.17) is 21.5 Å². The smallest absolute Gasteiger partial charge is 0.248 e. The highest BCUT2D eigenvalue weighted by atomic mass is 16.5. The largest absolute Gasteiger partial charge is 0.455 e. The van der Waals surface area contributed by atoms with Gasteiger partial charge >= 0.3 is 0 Å². The van der Waals surface area contributed by atoms with Gasteiger partial charge in [-0.05, 0) is 42.5 Å². The van der Waals surface area contributed by atoms with Crippen molar-refractivity contribution in [1.82, 2.24) is 0 Å². The van der Waals surface area contributed by atoms with Crippen molar-refractivity contribution in [2.75, 3.05) is 5.73 Å². The molecule has 2 aromatic carbocycles. The molecule has 0 saturated heterocycles. The van der Waals surface area contributed by atoms with Gasteiger partial charge in [-0.2, -0.15) is 5.26 Å². The SMILES string of the molecule is N#Cc1ccc(Oc2ccc(C(N)=O)cc2N)cc1. The topological polar surface area (TPSA) is 102 Å². The molecule has 1 amide bonds. The van der Waals surface area contributed by atoms with E-state index in [-0.39, 0.29) is 0 Å². The van der Waals surface area contributed by atoms with E-state index in [1.165, 1.54) is 12.1 Å². The van der Waals surface area contributed by atoms with Crippen LogP contribution >= 0.6 is 0 Å². The first-order valence-electron chi connectivity index (χ1n) is 5.47. The first-order valence-corrected chi connectivity index (χ1v) is 5.47. The van der Waals surface area contributed by atoms with Crippen LogP contribution in [-0.2, 0) is 0 Å². The Kier molecular flexibility index (Phi) is 3.35. The van der Waals surface area contributed by atoms with Gasteiger partial charge in [0.2, 0.25) is 5.91 Å². The molecule has 19 heavy (non-hydrogen) atoms. The van der Waals surface area contributed by atoms with Crippen molar-refractivity contribution < 1.29 is 9.53 Å². The van der Waals surface area contributed by atoms with Crippen LogP contribution in [0.5, 0.6) is 11.5 Å². The molecule has 0 radical (unpaired) electrons. The van der Waals surface area contributed by atoms with E-state index in [1.807, 2.05) is 6.07 Å². The number of nitrogens with zero attached hydrogens (tertiary/aromatic N) is 1. The van der Waals surface area contributed by atoms with Crippen molar-refractivity contribution in [3.63, 3.8) is 0 Å². The maximum atomic E-state index is 11.0. The lowest BCUT2D eigenvalue weighted by Crippen LogP contribution is -2.11. The van der Waals surface area contributed by atoms with Gasteiger partial charge in [0.25, 0.3) is 0 Å². The Labute approximate surface area is 110 Å². The third kappa shape index (κ3) is 2.82. The molecule has 0 atom stereocenters. The lowest BCUT2D eigenvalue weighted by molar-refractivity contribution is 0.100. The van der Waals surface area contributed by atoms with Crippen LogP contribution < -0.4 is 16.2 Å². The van der Waals surface area contributed by atoms with Crippen molar-refractivity contribution in [3.05, 3.63) is 53.6 Å². The molecule has 0 aromatic heterocycles. The van der Waals surface area contributed by atoms with Crippen molar-refractivity contribution in [1.29, 1.82) is 5.26 Å². The number of rotatable bonds is 3. The highest BCUT2D eigenvalue weighted by molar-refractivity contribution is 5.94. The predicted octanol–water partition coefficient (Wildman–Crippen LogP) is 2.03. The highest BCUT2D eigenvalue weighted by Crippen LogP contribution is 2.28. The summed E-state index contributed by atoms with van der Waals surface area (Å²) in [5.74, 6) is 0.434. The van der Waals surface area contributed by atoms with Crippen molar-refractivity contribution in [2.45, 2.75) is 0 Å². The molecule has 5 heteroatoms. The molecule has 0 heterocycles. The molecular weight excluding hydrogens is 242 g/mol.